The number of nitrogens with two attached hydrogens (primary N) is 1. The van der Waals surface area contributed by atoms with Crippen LogP contribution in [0, 0.1) is 0 Å². The van der Waals surface area contributed by atoms with Gasteiger partial charge in [-0.1, -0.05) is 11.6 Å². The van der Waals surface area contributed by atoms with Crippen LogP contribution >= 0.6 is 11.6 Å². The molecule has 1 aromatic heterocycles. The third-order valence-electron chi connectivity index (χ3n) is 2.69. The third-order valence-corrected chi connectivity index (χ3v) is 4.64. The zero-order valence-corrected chi connectivity index (χ0v) is 12.3. The van der Waals surface area contributed by atoms with Gasteiger partial charge in [0, 0.05) is 25.7 Å². The highest BCUT2D eigenvalue weighted by atomic mass is 35.5. The molecule has 0 spiro atoms. The van der Waals surface area contributed by atoms with Crippen molar-refractivity contribution < 1.29 is 8.42 Å². The second kappa shape index (κ2) is 5.78. The van der Waals surface area contributed by atoms with Crippen molar-refractivity contribution in [3.63, 3.8) is 0 Å². The Labute approximate surface area is 121 Å². The molecular weight excluding hydrogens is 302 g/mol. The first-order valence-corrected chi connectivity index (χ1v) is 7.64. The highest BCUT2D eigenvalue weighted by Crippen LogP contribution is 2.23. The number of aryl methyl sites for hydroxylation is 1. The second-order valence-electron chi connectivity index (χ2n) is 4.20. The molecule has 0 bridgehead atoms. The summed E-state index contributed by atoms with van der Waals surface area (Å²) >= 11 is 5.89. The van der Waals surface area contributed by atoms with E-state index in [0.29, 0.717) is 17.9 Å². The zero-order valence-electron chi connectivity index (χ0n) is 10.7. The number of aromatic nitrogens is 3. The highest BCUT2D eigenvalue weighted by Gasteiger charge is 2.17. The highest BCUT2D eigenvalue weighted by molar-refractivity contribution is 7.89. The van der Waals surface area contributed by atoms with E-state index < -0.39 is 10.0 Å². The summed E-state index contributed by atoms with van der Waals surface area (Å²) < 4.78 is 28.4. The number of nitrogens with zero attached hydrogens (tertiary/aromatic N) is 3. The van der Waals surface area contributed by atoms with Crippen LogP contribution in [-0.4, -0.2) is 29.7 Å². The van der Waals surface area contributed by atoms with Gasteiger partial charge in [0.2, 0.25) is 10.0 Å². The molecule has 0 saturated carbocycles. The maximum Gasteiger partial charge on any atom is 0.242 e. The molecule has 0 fully saturated rings. The van der Waals surface area contributed by atoms with Crippen LogP contribution in [0.3, 0.4) is 0 Å². The Balaban J connectivity index is 2.06. The van der Waals surface area contributed by atoms with Crippen LogP contribution in [0.25, 0.3) is 0 Å². The summed E-state index contributed by atoms with van der Waals surface area (Å²) in [6, 6.07) is 4.27. The topological polar surface area (TPSA) is 103 Å². The zero-order chi connectivity index (χ0) is 14.8. The number of nitrogens with one attached hydrogen (secondary N) is 1. The summed E-state index contributed by atoms with van der Waals surface area (Å²) in [5.74, 6) is 0.691. The predicted octanol–water partition coefficient (Wildman–Crippen LogP) is 0.572. The lowest BCUT2D eigenvalue weighted by molar-refractivity contribution is 0.580. The fraction of sp³-hybridized carbons (Fsp3) is 0.273. The quantitative estimate of drug-likeness (QED) is 0.785. The molecular formula is C11H14ClN5O2S. The van der Waals surface area contributed by atoms with Gasteiger partial charge in [-0.2, -0.15) is 0 Å². The molecule has 0 saturated heterocycles. The lowest BCUT2D eigenvalue weighted by Crippen LogP contribution is -2.27. The number of benzene rings is 1. The van der Waals surface area contributed by atoms with E-state index in [4.69, 9.17) is 17.3 Å². The molecule has 0 aliphatic carbocycles. The van der Waals surface area contributed by atoms with Crippen molar-refractivity contribution in [1.29, 1.82) is 0 Å². The molecule has 3 N–H and O–H groups in total. The minimum Gasteiger partial charge on any atom is -0.399 e. The summed E-state index contributed by atoms with van der Waals surface area (Å²) in [4.78, 5) is 0.00586. The molecule has 7 nitrogen and oxygen atoms in total. The van der Waals surface area contributed by atoms with Crippen LogP contribution in [0.4, 0.5) is 5.69 Å². The van der Waals surface area contributed by atoms with Crippen molar-refractivity contribution in [2.75, 3.05) is 12.3 Å². The molecule has 0 radical (unpaired) electrons. The molecule has 1 heterocycles. The van der Waals surface area contributed by atoms with Gasteiger partial charge in [-0.05, 0) is 18.2 Å². The molecule has 0 amide bonds. The Morgan fingerprint density at radius 1 is 1.45 bits per heavy atom. The first-order chi connectivity index (χ1) is 9.40. The van der Waals surface area contributed by atoms with E-state index in [0.717, 1.165) is 0 Å². The van der Waals surface area contributed by atoms with Gasteiger partial charge in [0.1, 0.15) is 17.0 Å². The Bertz CT molecular complexity index is 713. The average molecular weight is 316 g/mol. The maximum absolute atomic E-state index is 12.1. The van der Waals surface area contributed by atoms with Gasteiger partial charge in [-0.3, -0.25) is 0 Å². The van der Waals surface area contributed by atoms with Crippen molar-refractivity contribution in [1.82, 2.24) is 19.5 Å². The van der Waals surface area contributed by atoms with Crippen molar-refractivity contribution in [3.8, 4) is 0 Å². The molecule has 0 unspecified atom stereocenters. The normalized spacial score (nSPS) is 11.7. The Morgan fingerprint density at radius 2 is 2.20 bits per heavy atom. The average Bonchev–Trinajstić information content (AvgIpc) is 2.74. The number of nitrogen functional groups attached to an aromatic ring is 1. The number of halogens is 1. The van der Waals surface area contributed by atoms with E-state index in [1.165, 1.54) is 18.2 Å². The minimum atomic E-state index is -3.67. The molecule has 2 rings (SSSR count). The monoisotopic (exact) mass is 315 g/mol. The van der Waals surface area contributed by atoms with Gasteiger partial charge >= 0.3 is 0 Å². The van der Waals surface area contributed by atoms with Crippen LogP contribution in [0.1, 0.15) is 5.82 Å². The van der Waals surface area contributed by atoms with E-state index in [2.05, 4.69) is 14.9 Å². The van der Waals surface area contributed by atoms with Gasteiger partial charge in [0.05, 0.1) is 5.02 Å². The number of anilines is 1. The molecule has 0 aliphatic rings. The van der Waals surface area contributed by atoms with Crippen molar-refractivity contribution >= 4 is 27.3 Å². The van der Waals surface area contributed by atoms with Crippen molar-refractivity contribution in [3.05, 3.63) is 35.4 Å². The van der Waals surface area contributed by atoms with E-state index in [1.807, 2.05) is 0 Å². The summed E-state index contributed by atoms with van der Waals surface area (Å²) in [5.41, 5.74) is 5.94. The van der Waals surface area contributed by atoms with E-state index in [1.54, 1.807) is 17.9 Å². The smallest absolute Gasteiger partial charge is 0.242 e. The summed E-state index contributed by atoms with van der Waals surface area (Å²) in [5, 5.41) is 7.69. The maximum atomic E-state index is 12.1. The first kappa shape index (κ1) is 14.8. The van der Waals surface area contributed by atoms with Crippen molar-refractivity contribution in [2.24, 2.45) is 7.05 Å². The third kappa shape index (κ3) is 3.27. The number of sulfonamides is 1. The minimum absolute atomic E-state index is 0.00586. The van der Waals surface area contributed by atoms with Crippen LogP contribution < -0.4 is 10.5 Å². The standard InChI is InChI=1S/C11H14ClN5O2S/c1-17-7-14-16-11(17)4-5-15-20(18,19)10-3-2-8(13)6-9(10)12/h2-3,6-7,15H,4-5,13H2,1H3. The largest absolute Gasteiger partial charge is 0.399 e. The summed E-state index contributed by atoms with van der Waals surface area (Å²) in [7, 11) is -1.88. The van der Waals surface area contributed by atoms with Gasteiger partial charge in [0.25, 0.3) is 0 Å². The molecule has 0 atom stereocenters. The number of hydrogen-bond donors (Lipinski definition) is 2. The van der Waals surface area contributed by atoms with Crippen LogP contribution in [0.2, 0.25) is 5.02 Å². The first-order valence-electron chi connectivity index (χ1n) is 5.78. The van der Waals surface area contributed by atoms with E-state index in [9.17, 15) is 8.42 Å². The lowest BCUT2D eigenvalue weighted by Gasteiger charge is -2.08. The molecule has 2 aromatic rings. The molecule has 20 heavy (non-hydrogen) atoms. The Morgan fingerprint density at radius 3 is 2.80 bits per heavy atom. The Hall–Kier alpha value is -1.64. The van der Waals surface area contributed by atoms with Gasteiger partial charge in [-0.15, -0.1) is 10.2 Å². The summed E-state index contributed by atoms with van der Waals surface area (Å²) in [6.07, 6.45) is 1.99. The van der Waals surface area contributed by atoms with Gasteiger partial charge < -0.3 is 10.3 Å². The Kier molecular flexibility index (Phi) is 4.26. The fourth-order valence-corrected chi connectivity index (χ4v) is 3.23. The molecule has 1 aromatic carbocycles. The van der Waals surface area contributed by atoms with Gasteiger partial charge in [-0.25, -0.2) is 13.1 Å². The fourth-order valence-electron chi connectivity index (χ4n) is 1.64. The lowest BCUT2D eigenvalue weighted by atomic mass is 10.3. The predicted molar refractivity (Wildman–Crippen MR) is 75.8 cm³/mol. The SMILES string of the molecule is Cn1cnnc1CCNS(=O)(=O)c1ccc(N)cc1Cl. The molecule has 9 heteroatoms. The molecule has 108 valence electrons. The second-order valence-corrected chi connectivity index (χ2v) is 6.34. The number of rotatable bonds is 5. The van der Waals surface area contributed by atoms with E-state index >= 15 is 0 Å². The van der Waals surface area contributed by atoms with Crippen LogP contribution in [-0.2, 0) is 23.5 Å². The van der Waals surface area contributed by atoms with E-state index in [-0.39, 0.29) is 16.5 Å². The molecule has 0 aliphatic heterocycles. The van der Waals surface area contributed by atoms with Crippen molar-refractivity contribution in [2.45, 2.75) is 11.3 Å². The number of hydrogen-bond acceptors (Lipinski definition) is 5. The van der Waals surface area contributed by atoms with Crippen LogP contribution in [0.15, 0.2) is 29.4 Å². The van der Waals surface area contributed by atoms with Crippen LogP contribution in [0.5, 0.6) is 0 Å². The van der Waals surface area contributed by atoms with Gasteiger partial charge in [0.15, 0.2) is 0 Å². The summed E-state index contributed by atoms with van der Waals surface area (Å²) in [6.45, 7) is 0.204.